The third kappa shape index (κ3) is 3.83. The fourth-order valence-electron chi connectivity index (χ4n) is 2.95. The molecular formula is C21H22N4O. The minimum absolute atomic E-state index is 0.726. The highest BCUT2D eigenvalue weighted by atomic mass is 16.5. The van der Waals surface area contributed by atoms with E-state index in [1.54, 1.807) is 0 Å². The molecule has 0 spiro atoms. The second-order valence-corrected chi connectivity index (χ2v) is 6.39. The zero-order chi connectivity index (χ0) is 17.8. The molecule has 0 unspecified atom stereocenters. The Morgan fingerprint density at radius 3 is 2.38 bits per heavy atom. The first kappa shape index (κ1) is 16.5. The molecule has 1 fully saturated rings. The van der Waals surface area contributed by atoms with Gasteiger partial charge in [-0.3, -0.25) is 0 Å². The van der Waals surface area contributed by atoms with Crippen LogP contribution in [0.15, 0.2) is 60.7 Å². The van der Waals surface area contributed by atoms with Crippen molar-refractivity contribution in [1.82, 2.24) is 9.97 Å². The van der Waals surface area contributed by atoms with Crippen LogP contribution < -0.4 is 10.2 Å². The molecule has 0 radical (unpaired) electrons. The van der Waals surface area contributed by atoms with Crippen molar-refractivity contribution >= 4 is 17.3 Å². The van der Waals surface area contributed by atoms with Crippen LogP contribution in [0, 0.1) is 6.92 Å². The van der Waals surface area contributed by atoms with Crippen LogP contribution >= 0.6 is 0 Å². The van der Waals surface area contributed by atoms with E-state index in [-0.39, 0.29) is 0 Å². The number of nitrogens with zero attached hydrogens (tertiary/aromatic N) is 3. The Morgan fingerprint density at radius 1 is 0.923 bits per heavy atom. The van der Waals surface area contributed by atoms with E-state index in [4.69, 9.17) is 14.7 Å². The molecule has 0 bridgehead atoms. The van der Waals surface area contributed by atoms with E-state index in [1.165, 1.54) is 5.56 Å². The monoisotopic (exact) mass is 346 g/mol. The number of hydrogen-bond acceptors (Lipinski definition) is 5. The minimum Gasteiger partial charge on any atom is -0.378 e. The molecule has 5 nitrogen and oxygen atoms in total. The number of aryl methyl sites for hydroxylation is 1. The maximum atomic E-state index is 5.47. The van der Waals surface area contributed by atoms with E-state index >= 15 is 0 Å². The molecule has 0 aliphatic carbocycles. The summed E-state index contributed by atoms with van der Waals surface area (Å²) in [6.45, 7) is 5.22. The summed E-state index contributed by atoms with van der Waals surface area (Å²) in [6.07, 6.45) is 0. The van der Waals surface area contributed by atoms with Gasteiger partial charge in [0.2, 0.25) is 0 Å². The predicted octanol–water partition coefficient (Wildman–Crippen LogP) is 4.03. The highest BCUT2D eigenvalue weighted by molar-refractivity contribution is 5.65. The van der Waals surface area contributed by atoms with Crippen molar-refractivity contribution in [2.75, 3.05) is 36.5 Å². The van der Waals surface area contributed by atoms with Crippen LogP contribution in [0.2, 0.25) is 0 Å². The number of benzene rings is 2. The van der Waals surface area contributed by atoms with E-state index in [1.807, 2.05) is 36.4 Å². The largest absolute Gasteiger partial charge is 0.378 e. The van der Waals surface area contributed by atoms with Crippen molar-refractivity contribution in [2.45, 2.75) is 6.92 Å². The molecule has 132 valence electrons. The summed E-state index contributed by atoms with van der Waals surface area (Å²) in [7, 11) is 0. The van der Waals surface area contributed by atoms with Crippen LogP contribution in [-0.4, -0.2) is 36.3 Å². The highest BCUT2D eigenvalue weighted by Crippen LogP contribution is 2.25. The lowest BCUT2D eigenvalue weighted by Gasteiger charge is -2.28. The summed E-state index contributed by atoms with van der Waals surface area (Å²) in [5.41, 5.74) is 3.26. The topological polar surface area (TPSA) is 50.3 Å². The van der Waals surface area contributed by atoms with Gasteiger partial charge >= 0.3 is 0 Å². The second kappa shape index (κ2) is 7.54. The van der Waals surface area contributed by atoms with Crippen molar-refractivity contribution in [2.24, 2.45) is 0 Å². The number of rotatable bonds is 4. The third-order valence-electron chi connectivity index (χ3n) is 4.40. The lowest BCUT2D eigenvalue weighted by Crippen LogP contribution is -2.36. The van der Waals surface area contributed by atoms with Gasteiger partial charge in [-0.2, -0.15) is 0 Å². The average molecular weight is 346 g/mol. The molecule has 2 aromatic carbocycles. The summed E-state index contributed by atoms with van der Waals surface area (Å²) in [6, 6.07) is 20.4. The van der Waals surface area contributed by atoms with Gasteiger partial charge in [-0.05, 0) is 19.1 Å². The van der Waals surface area contributed by atoms with Crippen molar-refractivity contribution in [3.05, 3.63) is 66.2 Å². The van der Waals surface area contributed by atoms with Crippen molar-refractivity contribution in [3.63, 3.8) is 0 Å². The average Bonchev–Trinajstić information content (AvgIpc) is 2.71. The first-order chi connectivity index (χ1) is 12.8. The number of anilines is 3. The first-order valence-corrected chi connectivity index (χ1v) is 8.89. The number of aromatic nitrogens is 2. The van der Waals surface area contributed by atoms with Gasteiger partial charge in [0.05, 0.1) is 13.2 Å². The summed E-state index contributed by atoms with van der Waals surface area (Å²) < 4.78 is 5.47. The van der Waals surface area contributed by atoms with E-state index in [0.29, 0.717) is 0 Å². The van der Waals surface area contributed by atoms with Gasteiger partial charge in [-0.15, -0.1) is 0 Å². The minimum atomic E-state index is 0.726. The van der Waals surface area contributed by atoms with Gasteiger partial charge in [0.15, 0.2) is 5.82 Å². The van der Waals surface area contributed by atoms with Crippen LogP contribution in [0.4, 0.5) is 17.3 Å². The van der Waals surface area contributed by atoms with Crippen LogP contribution in [0.1, 0.15) is 5.56 Å². The van der Waals surface area contributed by atoms with E-state index < -0.39 is 0 Å². The van der Waals surface area contributed by atoms with E-state index in [9.17, 15) is 0 Å². The molecule has 1 aliphatic heterocycles. The molecule has 1 saturated heterocycles. The van der Waals surface area contributed by atoms with Crippen LogP contribution in [-0.2, 0) is 4.74 Å². The molecule has 3 aromatic rings. The van der Waals surface area contributed by atoms with Gasteiger partial charge in [-0.1, -0.05) is 48.0 Å². The predicted molar refractivity (Wildman–Crippen MR) is 105 cm³/mol. The molecule has 5 heteroatoms. The molecule has 2 heterocycles. The maximum absolute atomic E-state index is 5.47. The smallest absolute Gasteiger partial charge is 0.163 e. The highest BCUT2D eigenvalue weighted by Gasteiger charge is 2.15. The Kier molecular flexibility index (Phi) is 4.80. The first-order valence-electron chi connectivity index (χ1n) is 8.89. The summed E-state index contributed by atoms with van der Waals surface area (Å²) in [4.78, 5) is 11.8. The van der Waals surface area contributed by atoms with E-state index in [0.717, 1.165) is 55.0 Å². The summed E-state index contributed by atoms with van der Waals surface area (Å²) in [5.74, 6) is 2.45. The zero-order valence-electron chi connectivity index (χ0n) is 14.9. The van der Waals surface area contributed by atoms with E-state index in [2.05, 4.69) is 41.4 Å². The molecule has 1 aromatic heterocycles. The molecule has 26 heavy (non-hydrogen) atoms. The van der Waals surface area contributed by atoms with Crippen LogP contribution in [0.5, 0.6) is 0 Å². The standard InChI is InChI=1S/C21H22N4O/c1-16-7-9-18(10-8-16)22-19-15-20(25-11-13-26-14-12-25)24-21(23-19)17-5-3-2-4-6-17/h2-10,15H,11-14H2,1H3,(H,22,23,24). The number of nitrogens with one attached hydrogen (secondary N) is 1. The SMILES string of the molecule is Cc1ccc(Nc2cc(N3CCOCC3)nc(-c3ccccc3)n2)cc1. The summed E-state index contributed by atoms with van der Waals surface area (Å²) in [5, 5.41) is 3.41. The van der Waals surface area contributed by atoms with Gasteiger partial charge in [0.25, 0.3) is 0 Å². The van der Waals surface area contributed by atoms with Crippen molar-refractivity contribution in [3.8, 4) is 11.4 Å². The fourth-order valence-corrected chi connectivity index (χ4v) is 2.95. The Bertz CT molecular complexity index is 859. The molecule has 0 saturated carbocycles. The molecule has 1 aliphatic rings. The maximum Gasteiger partial charge on any atom is 0.163 e. The van der Waals surface area contributed by atoms with Crippen LogP contribution in [0.3, 0.4) is 0 Å². The molecular weight excluding hydrogens is 324 g/mol. The summed E-state index contributed by atoms with van der Waals surface area (Å²) >= 11 is 0. The van der Waals surface area contributed by atoms with Crippen molar-refractivity contribution < 1.29 is 4.74 Å². The van der Waals surface area contributed by atoms with Gasteiger partial charge < -0.3 is 15.0 Å². The molecule has 4 rings (SSSR count). The Labute approximate surface area is 153 Å². The Balaban J connectivity index is 1.70. The molecule has 0 amide bonds. The zero-order valence-corrected chi connectivity index (χ0v) is 14.9. The number of morpholine rings is 1. The lowest BCUT2D eigenvalue weighted by atomic mass is 10.2. The van der Waals surface area contributed by atoms with Gasteiger partial charge in [0, 0.05) is 30.4 Å². The molecule has 0 atom stereocenters. The third-order valence-corrected chi connectivity index (χ3v) is 4.40. The quantitative estimate of drug-likeness (QED) is 0.773. The molecule has 1 N–H and O–H groups in total. The van der Waals surface area contributed by atoms with Crippen LogP contribution in [0.25, 0.3) is 11.4 Å². The Hall–Kier alpha value is -2.92. The van der Waals surface area contributed by atoms with Crippen molar-refractivity contribution in [1.29, 1.82) is 0 Å². The van der Waals surface area contributed by atoms with Gasteiger partial charge in [-0.25, -0.2) is 9.97 Å². The lowest BCUT2D eigenvalue weighted by molar-refractivity contribution is 0.122. The number of ether oxygens (including phenoxy) is 1. The Morgan fingerprint density at radius 2 is 1.65 bits per heavy atom. The van der Waals surface area contributed by atoms with Gasteiger partial charge in [0.1, 0.15) is 11.6 Å². The fraction of sp³-hybridized carbons (Fsp3) is 0.238. The number of hydrogen-bond donors (Lipinski definition) is 1. The second-order valence-electron chi connectivity index (χ2n) is 6.39. The normalized spacial score (nSPS) is 14.3.